The van der Waals surface area contributed by atoms with Gasteiger partial charge < -0.3 is 4.90 Å². The van der Waals surface area contributed by atoms with Gasteiger partial charge in [0.1, 0.15) is 4.90 Å². The number of terminal acetylenes is 1. The van der Waals surface area contributed by atoms with E-state index in [0.717, 1.165) is 19.2 Å². The molecule has 0 bridgehead atoms. The van der Waals surface area contributed by atoms with E-state index in [1.165, 1.54) is 21.3 Å². The third-order valence-corrected chi connectivity index (χ3v) is 6.70. The molecule has 2 rings (SSSR count). The molecule has 0 unspecified atom stereocenters. The summed E-state index contributed by atoms with van der Waals surface area (Å²) in [5.74, 6) is 0. The molecule has 0 spiro atoms. The Hall–Kier alpha value is -1.67. The third kappa shape index (κ3) is 5.19. The summed E-state index contributed by atoms with van der Waals surface area (Å²) >= 11 is 3.29. The molecule has 1 aromatic rings. The lowest BCUT2D eigenvalue weighted by atomic mass is 10.2. The molecule has 0 atom stereocenters. The SMILES string of the molecule is C#CN(CCBr)c1ccc([N+](=O)[O-])cc1S(=O)(=O)N1CCCN(C)CCC1. The van der Waals surface area contributed by atoms with Crippen LogP contribution in [-0.2, 0) is 10.0 Å². The molecule has 1 aliphatic rings. The molecule has 1 saturated heterocycles. The van der Waals surface area contributed by atoms with Gasteiger partial charge in [0.2, 0.25) is 10.0 Å². The first-order valence-electron chi connectivity index (χ1n) is 8.58. The smallest absolute Gasteiger partial charge is 0.270 e. The van der Waals surface area contributed by atoms with E-state index in [1.54, 1.807) is 0 Å². The van der Waals surface area contributed by atoms with Gasteiger partial charge in [-0.3, -0.25) is 15.0 Å². The van der Waals surface area contributed by atoms with Crippen LogP contribution < -0.4 is 4.90 Å². The van der Waals surface area contributed by atoms with Crippen molar-refractivity contribution in [2.45, 2.75) is 17.7 Å². The van der Waals surface area contributed by atoms with Crippen molar-refractivity contribution in [2.24, 2.45) is 0 Å². The zero-order valence-electron chi connectivity index (χ0n) is 15.2. The van der Waals surface area contributed by atoms with E-state index < -0.39 is 14.9 Å². The molecule has 0 N–H and O–H groups in total. The fourth-order valence-electron chi connectivity index (χ4n) is 3.02. The zero-order valence-corrected chi connectivity index (χ0v) is 17.6. The number of hydrogen-bond donors (Lipinski definition) is 0. The number of rotatable bonds is 6. The van der Waals surface area contributed by atoms with E-state index in [-0.39, 0.29) is 16.3 Å². The van der Waals surface area contributed by atoms with Crippen LogP contribution in [0.15, 0.2) is 23.1 Å². The van der Waals surface area contributed by atoms with E-state index in [0.29, 0.717) is 37.8 Å². The number of sulfonamides is 1. The van der Waals surface area contributed by atoms with E-state index in [1.807, 2.05) is 7.05 Å². The number of halogens is 1. The van der Waals surface area contributed by atoms with Crippen LogP contribution in [0.25, 0.3) is 0 Å². The zero-order chi connectivity index (χ0) is 20.0. The fourth-order valence-corrected chi connectivity index (χ4v) is 5.11. The summed E-state index contributed by atoms with van der Waals surface area (Å²) < 4.78 is 28.1. The van der Waals surface area contributed by atoms with E-state index >= 15 is 0 Å². The molecular formula is C17H23BrN4O4S. The molecule has 1 aromatic carbocycles. The molecule has 8 nitrogen and oxygen atoms in total. The molecule has 0 aromatic heterocycles. The quantitative estimate of drug-likeness (QED) is 0.213. The topological polar surface area (TPSA) is 87.0 Å². The summed E-state index contributed by atoms with van der Waals surface area (Å²) in [4.78, 5) is 14.1. The summed E-state index contributed by atoms with van der Waals surface area (Å²) in [6.45, 7) is 2.70. The van der Waals surface area contributed by atoms with Crippen molar-refractivity contribution in [1.82, 2.24) is 9.21 Å². The number of benzene rings is 1. The highest BCUT2D eigenvalue weighted by atomic mass is 79.9. The van der Waals surface area contributed by atoms with Crippen molar-refractivity contribution >= 4 is 37.3 Å². The van der Waals surface area contributed by atoms with Crippen LogP contribution in [0.2, 0.25) is 0 Å². The van der Waals surface area contributed by atoms with Gasteiger partial charge in [-0.15, -0.1) is 0 Å². The van der Waals surface area contributed by atoms with Gasteiger partial charge in [0.15, 0.2) is 0 Å². The Balaban J connectivity index is 2.50. The molecule has 0 amide bonds. The van der Waals surface area contributed by atoms with Gasteiger partial charge in [-0.1, -0.05) is 22.4 Å². The lowest BCUT2D eigenvalue weighted by molar-refractivity contribution is -0.385. The van der Waals surface area contributed by atoms with E-state index in [9.17, 15) is 18.5 Å². The highest BCUT2D eigenvalue weighted by Gasteiger charge is 2.31. The van der Waals surface area contributed by atoms with Crippen LogP contribution in [-0.4, -0.2) is 67.6 Å². The molecule has 27 heavy (non-hydrogen) atoms. The first-order chi connectivity index (χ1) is 12.8. The maximum absolute atomic E-state index is 13.3. The normalized spacial score (nSPS) is 16.9. The Morgan fingerprint density at radius 1 is 1.30 bits per heavy atom. The van der Waals surface area contributed by atoms with Crippen LogP contribution in [0.5, 0.6) is 0 Å². The second-order valence-electron chi connectivity index (χ2n) is 6.29. The molecule has 0 radical (unpaired) electrons. The summed E-state index contributed by atoms with van der Waals surface area (Å²) in [6, 6.07) is 6.24. The van der Waals surface area contributed by atoms with Crippen molar-refractivity contribution in [3.05, 3.63) is 28.3 Å². The molecule has 1 fully saturated rings. The first kappa shape index (κ1) is 21.6. The molecule has 0 saturated carbocycles. The minimum Gasteiger partial charge on any atom is -0.306 e. The van der Waals surface area contributed by atoms with Crippen molar-refractivity contribution in [3.8, 4) is 12.5 Å². The number of nitro benzene ring substituents is 1. The van der Waals surface area contributed by atoms with Crippen LogP contribution in [0.4, 0.5) is 11.4 Å². The first-order valence-corrected chi connectivity index (χ1v) is 11.1. The Kier molecular flexibility index (Phi) is 7.61. The van der Waals surface area contributed by atoms with Gasteiger partial charge in [0.05, 0.1) is 10.6 Å². The van der Waals surface area contributed by atoms with Gasteiger partial charge in [-0.05, 0) is 39.0 Å². The Morgan fingerprint density at radius 3 is 2.44 bits per heavy atom. The molecule has 148 valence electrons. The van der Waals surface area contributed by atoms with Crippen LogP contribution in [0, 0.1) is 22.6 Å². The van der Waals surface area contributed by atoms with Crippen molar-refractivity contribution in [1.29, 1.82) is 0 Å². The molecule has 1 heterocycles. The molecule has 0 aliphatic carbocycles. The molecule has 1 aliphatic heterocycles. The third-order valence-electron chi connectivity index (χ3n) is 4.42. The number of nitrogens with zero attached hydrogens (tertiary/aromatic N) is 4. The number of non-ortho nitro benzene ring substituents is 1. The van der Waals surface area contributed by atoms with E-state index in [2.05, 4.69) is 26.9 Å². The van der Waals surface area contributed by atoms with E-state index in [4.69, 9.17) is 6.42 Å². The number of nitro groups is 1. The Morgan fingerprint density at radius 2 is 1.93 bits per heavy atom. The largest absolute Gasteiger partial charge is 0.306 e. The minimum atomic E-state index is -3.92. The maximum Gasteiger partial charge on any atom is 0.270 e. The maximum atomic E-state index is 13.3. The monoisotopic (exact) mass is 458 g/mol. The lowest BCUT2D eigenvalue weighted by Crippen LogP contribution is -2.39. The molecular weight excluding hydrogens is 436 g/mol. The van der Waals surface area contributed by atoms with Gasteiger partial charge >= 0.3 is 0 Å². The second-order valence-corrected chi connectivity index (χ2v) is 8.99. The van der Waals surface area contributed by atoms with Crippen LogP contribution >= 0.6 is 15.9 Å². The number of hydrogen-bond acceptors (Lipinski definition) is 6. The lowest BCUT2D eigenvalue weighted by Gasteiger charge is -2.29. The van der Waals surface area contributed by atoms with Crippen LogP contribution in [0.3, 0.4) is 0 Å². The average Bonchev–Trinajstić information content (AvgIpc) is 2.62. The number of alkyl halides is 1. The summed E-state index contributed by atoms with van der Waals surface area (Å²) in [5, 5.41) is 11.7. The summed E-state index contributed by atoms with van der Waals surface area (Å²) in [5.41, 5.74) is 0.00152. The second kappa shape index (κ2) is 9.50. The minimum absolute atomic E-state index is 0.121. The van der Waals surface area contributed by atoms with Gasteiger partial charge in [-0.2, -0.15) is 4.31 Å². The van der Waals surface area contributed by atoms with Gasteiger partial charge in [0, 0.05) is 43.1 Å². The van der Waals surface area contributed by atoms with Crippen molar-refractivity contribution in [2.75, 3.05) is 50.0 Å². The van der Waals surface area contributed by atoms with Gasteiger partial charge in [-0.25, -0.2) is 8.42 Å². The molecule has 10 heteroatoms. The van der Waals surface area contributed by atoms with Crippen molar-refractivity contribution in [3.63, 3.8) is 0 Å². The highest BCUT2D eigenvalue weighted by molar-refractivity contribution is 9.09. The predicted molar refractivity (Wildman–Crippen MR) is 109 cm³/mol. The number of anilines is 1. The van der Waals surface area contributed by atoms with Gasteiger partial charge in [0.25, 0.3) is 5.69 Å². The average molecular weight is 459 g/mol. The fraction of sp³-hybridized carbons (Fsp3) is 0.529. The van der Waals surface area contributed by atoms with Crippen molar-refractivity contribution < 1.29 is 13.3 Å². The predicted octanol–water partition coefficient (Wildman–Crippen LogP) is 2.10. The van der Waals surface area contributed by atoms with Crippen LogP contribution in [0.1, 0.15) is 12.8 Å². The standard InChI is InChI=1S/C17H23BrN4O4S/c1-3-20(13-8-18)16-7-6-15(22(23)24)14-17(16)27(25,26)21-11-4-9-19(2)10-5-12-21/h1,6-7,14H,4-5,8-13H2,2H3. The summed E-state index contributed by atoms with van der Waals surface area (Å²) in [7, 11) is -1.91. The summed E-state index contributed by atoms with van der Waals surface area (Å²) in [6.07, 6.45) is 6.94. The highest BCUT2D eigenvalue weighted by Crippen LogP contribution is 2.32. The Labute approximate surface area is 168 Å². The Bertz CT molecular complexity index is 815.